The number of hydrogen-bond donors (Lipinski definition) is 1. The molecule has 3 aromatic carbocycles. The lowest BCUT2D eigenvalue weighted by Gasteiger charge is -2.15. The topological polar surface area (TPSA) is 98.1 Å². The highest BCUT2D eigenvalue weighted by Crippen LogP contribution is 2.31. The lowest BCUT2D eigenvalue weighted by molar-refractivity contribution is -0.120. The molecule has 208 valence electrons. The Bertz CT molecular complexity index is 1720. The van der Waals surface area contributed by atoms with Crippen LogP contribution in [0.25, 0.3) is 22.0 Å². The van der Waals surface area contributed by atoms with Crippen molar-refractivity contribution in [3.05, 3.63) is 94.0 Å². The fourth-order valence-electron chi connectivity index (χ4n) is 4.86. The molecule has 7 nitrogen and oxygen atoms in total. The molecular formula is C32H35N3O4S. The van der Waals surface area contributed by atoms with Crippen molar-refractivity contribution in [3.8, 4) is 11.1 Å². The number of fused-ring (bicyclic) bond motifs is 1. The van der Waals surface area contributed by atoms with Crippen molar-refractivity contribution >= 4 is 26.8 Å². The molecule has 40 heavy (non-hydrogen) atoms. The number of nitrogens with zero attached hydrogens (tertiary/aromatic N) is 2. The fourth-order valence-corrected chi connectivity index (χ4v) is 6.14. The van der Waals surface area contributed by atoms with Crippen LogP contribution in [0.4, 0.5) is 0 Å². The molecule has 0 spiro atoms. The van der Waals surface area contributed by atoms with E-state index in [0.29, 0.717) is 35.4 Å². The molecule has 1 aliphatic carbocycles. The van der Waals surface area contributed by atoms with E-state index in [2.05, 4.69) is 25.5 Å². The van der Waals surface area contributed by atoms with Gasteiger partial charge in [0, 0.05) is 17.9 Å². The first kappa shape index (κ1) is 27.8. The minimum atomic E-state index is -4.01. The maximum absolute atomic E-state index is 13.7. The first-order valence-electron chi connectivity index (χ1n) is 14.0. The molecule has 8 heteroatoms. The number of carbonyl (C=O) groups excluding carboxylic acids is 1. The molecular weight excluding hydrogens is 522 g/mol. The minimum absolute atomic E-state index is 0.0504. The van der Waals surface area contributed by atoms with Crippen LogP contribution in [0.5, 0.6) is 0 Å². The number of sulfonamides is 1. The molecule has 1 aliphatic rings. The number of unbranched alkanes of at least 4 members (excludes halogenated alkanes) is 1. The summed E-state index contributed by atoms with van der Waals surface area (Å²) in [7, 11) is -4.01. The standard InChI is InChI=1S/C32H35N3O4S/c1-4-5-10-30-33-28-18-17-25(21(2)3)19-27(28)32(37)35(30)20-22-11-13-23(14-12-22)26-8-6-7-9-29(26)40(38,39)34-31(36)24-15-16-24/h6-9,11-14,17-19,21,24H,4-5,10,15-16,20H2,1-3H3,(H,34,36). The molecule has 4 aromatic rings. The number of aromatic nitrogens is 2. The third-order valence-corrected chi connectivity index (χ3v) is 8.85. The summed E-state index contributed by atoms with van der Waals surface area (Å²) in [5.41, 5.74) is 3.90. The lowest BCUT2D eigenvalue weighted by atomic mass is 10.0. The lowest BCUT2D eigenvalue weighted by Crippen LogP contribution is -2.32. The first-order valence-corrected chi connectivity index (χ1v) is 15.4. The van der Waals surface area contributed by atoms with Crippen LogP contribution in [-0.4, -0.2) is 23.9 Å². The van der Waals surface area contributed by atoms with E-state index in [-0.39, 0.29) is 16.4 Å². The van der Waals surface area contributed by atoms with Crippen LogP contribution in [-0.2, 0) is 27.8 Å². The Morgan fingerprint density at radius 2 is 1.77 bits per heavy atom. The number of nitrogens with one attached hydrogen (secondary N) is 1. The number of rotatable bonds is 10. The van der Waals surface area contributed by atoms with Gasteiger partial charge in [0.2, 0.25) is 5.91 Å². The molecule has 1 aromatic heterocycles. The van der Waals surface area contributed by atoms with Crippen LogP contribution < -0.4 is 10.3 Å². The van der Waals surface area contributed by atoms with E-state index in [4.69, 9.17) is 4.98 Å². The Balaban J connectivity index is 1.47. The average molecular weight is 558 g/mol. The Kier molecular flexibility index (Phi) is 7.90. The van der Waals surface area contributed by atoms with Crippen molar-refractivity contribution in [1.82, 2.24) is 14.3 Å². The first-order chi connectivity index (χ1) is 19.2. The summed E-state index contributed by atoms with van der Waals surface area (Å²) < 4.78 is 30.1. The van der Waals surface area contributed by atoms with Gasteiger partial charge in [-0.05, 0) is 60.1 Å². The highest BCUT2D eigenvalue weighted by Gasteiger charge is 2.33. The molecule has 1 amide bonds. The molecule has 0 saturated heterocycles. The second kappa shape index (κ2) is 11.4. The van der Waals surface area contributed by atoms with E-state index in [9.17, 15) is 18.0 Å². The van der Waals surface area contributed by atoms with E-state index >= 15 is 0 Å². The van der Waals surface area contributed by atoms with Crippen LogP contribution >= 0.6 is 0 Å². The molecule has 1 heterocycles. The van der Waals surface area contributed by atoms with Crippen LogP contribution in [0.1, 0.15) is 69.3 Å². The summed E-state index contributed by atoms with van der Waals surface area (Å²) >= 11 is 0. The molecule has 0 radical (unpaired) electrons. The summed E-state index contributed by atoms with van der Waals surface area (Å²) in [5, 5.41) is 0.621. The number of amides is 1. The molecule has 0 aliphatic heterocycles. The Morgan fingerprint density at radius 1 is 1.05 bits per heavy atom. The molecule has 1 saturated carbocycles. The summed E-state index contributed by atoms with van der Waals surface area (Å²) in [5.74, 6) is 0.411. The Hall–Kier alpha value is -3.78. The van der Waals surface area contributed by atoms with Gasteiger partial charge in [0.25, 0.3) is 15.6 Å². The maximum Gasteiger partial charge on any atom is 0.264 e. The van der Waals surface area contributed by atoms with Gasteiger partial charge < -0.3 is 0 Å². The quantitative estimate of drug-likeness (QED) is 0.266. The third-order valence-electron chi connectivity index (χ3n) is 7.44. The van der Waals surface area contributed by atoms with Crippen LogP contribution in [0, 0.1) is 5.92 Å². The second-order valence-corrected chi connectivity index (χ2v) is 12.5. The van der Waals surface area contributed by atoms with Gasteiger partial charge in [-0.1, -0.05) is 75.7 Å². The van der Waals surface area contributed by atoms with Gasteiger partial charge >= 0.3 is 0 Å². The number of aryl methyl sites for hydroxylation is 1. The van der Waals surface area contributed by atoms with Crippen molar-refractivity contribution in [2.24, 2.45) is 5.92 Å². The molecule has 0 bridgehead atoms. The number of hydrogen-bond acceptors (Lipinski definition) is 5. The highest BCUT2D eigenvalue weighted by atomic mass is 32.2. The normalized spacial score (nSPS) is 13.6. The second-order valence-electron chi connectivity index (χ2n) is 10.9. The zero-order chi connectivity index (χ0) is 28.4. The van der Waals surface area contributed by atoms with E-state index in [1.165, 1.54) is 6.07 Å². The van der Waals surface area contributed by atoms with Gasteiger partial charge in [-0.25, -0.2) is 18.1 Å². The van der Waals surface area contributed by atoms with Gasteiger partial charge in [0.1, 0.15) is 5.82 Å². The van der Waals surface area contributed by atoms with Crippen LogP contribution in [0.2, 0.25) is 0 Å². The van der Waals surface area contributed by atoms with Crippen molar-refractivity contribution in [2.45, 2.75) is 70.2 Å². The largest absolute Gasteiger partial charge is 0.292 e. The van der Waals surface area contributed by atoms with E-state index in [0.717, 1.165) is 48.2 Å². The van der Waals surface area contributed by atoms with E-state index in [1.54, 1.807) is 22.8 Å². The van der Waals surface area contributed by atoms with Gasteiger partial charge in [0.15, 0.2) is 0 Å². The third kappa shape index (κ3) is 5.87. The van der Waals surface area contributed by atoms with E-state index in [1.807, 2.05) is 42.5 Å². The number of carbonyl (C=O) groups is 1. The van der Waals surface area contributed by atoms with Crippen LogP contribution in [0.3, 0.4) is 0 Å². The summed E-state index contributed by atoms with van der Waals surface area (Å²) in [4.78, 5) is 30.8. The molecule has 0 atom stereocenters. The molecule has 1 N–H and O–H groups in total. The Labute approximate surface area is 235 Å². The van der Waals surface area contributed by atoms with Crippen molar-refractivity contribution < 1.29 is 13.2 Å². The summed E-state index contributed by atoms with van der Waals surface area (Å²) in [6, 6.07) is 20.1. The summed E-state index contributed by atoms with van der Waals surface area (Å²) in [6.07, 6.45) is 4.09. The minimum Gasteiger partial charge on any atom is -0.292 e. The zero-order valence-electron chi connectivity index (χ0n) is 23.2. The summed E-state index contributed by atoms with van der Waals surface area (Å²) in [6.45, 7) is 6.69. The van der Waals surface area contributed by atoms with Crippen LogP contribution in [0.15, 0.2) is 76.4 Å². The van der Waals surface area contributed by atoms with Crippen molar-refractivity contribution in [2.75, 3.05) is 0 Å². The van der Waals surface area contributed by atoms with Crippen molar-refractivity contribution in [3.63, 3.8) is 0 Å². The van der Waals surface area contributed by atoms with Gasteiger partial charge in [-0.15, -0.1) is 0 Å². The average Bonchev–Trinajstić information content (AvgIpc) is 3.80. The van der Waals surface area contributed by atoms with Gasteiger partial charge in [-0.2, -0.15) is 0 Å². The van der Waals surface area contributed by atoms with Gasteiger partial charge in [-0.3, -0.25) is 14.2 Å². The van der Waals surface area contributed by atoms with Crippen molar-refractivity contribution in [1.29, 1.82) is 0 Å². The SMILES string of the molecule is CCCCc1nc2ccc(C(C)C)cc2c(=O)n1Cc1ccc(-c2ccccc2S(=O)(=O)NC(=O)C2CC2)cc1. The fraction of sp³-hybridized carbons (Fsp3) is 0.344. The molecule has 1 fully saturated rings. The van der Waals surface area contributed by atoms with Gasteiger partial charge in [0.05, 0.1) is 22.3 Å². The predicted octanol–water partition coefficient (Wildman–Crippen LogP) is 5.79. The zero-order valence-corrected chi connectivity index (χ0v) is 24.0. The maximum atomic E-state index is 13.7. The highest BCUT2D eigenvalue weighted by molar-refractivity contribution is 7.90. The smallest absolute Gasteiger partial charge is 0.264 e. The molecule has 0 unspecified atom stereocenters. The van der Waals surface area contributed by atoms with E-state index < -0.39 is 15.9 Å². The molecule has 5 rings (SSSR count). The predicted molar refractivity (Wildman–Crippen MR) is 158 cm³/mol. The number of benzene rings is 3. The Morgan fingerprint density at radius 3 is 2.45 bits per heavy atom. The monoisotopic (exact) mass is 557 g/mol.